The zero-order valence-electron chi connectivity index (χ0n) is 22.5. The summed E-state index contributed by atoms with van der Waals surface area (Å²) in [6.07, 6.45) is 21.5. The smallest absolute Gasteiger partial charge is 0.268 e. The van der Waals surface area contributed by atoms with Crippen LogP contribution in [0.1, 0.15) is 96.8 Å². The van der Waals surface area contributed by atoms with Gasteiger partial charge in [0.25, 0.3) is 7.82 Å². The summed E-state index contributed by atoms with van der Waals surface area (Å²) in [4.78, 5) is 11.7. The Morgan fingerprint density at radius 3 is 1.88 bits per heavy atom. The Morgan fingerprint density at radius 1 is 0.794 bits per heavy atom. The molecule has 0 fully saturated rings. The second kappa shape index (κ2) is 22.0. The fourth-order valence-corrected chi connectivity index (χ4v) is 4.13. The lowest BCUT2D eigenvalue weighted by molar-refractivity contribution is -0.870. The number of hydrogen-bond donors (Lipinski definition) is 1. The third-order valence-corrected chi connectivity index (χ3v) is 6.53. The van der Waals surface area contributed by atoms with Gasteiger partial charge in [-0.25, -0.2) is 0 Å². The van der Waals surface area contributed by atoms with Crippen molar-refractivity contribution < 1.29 is 32.8 Å². The molecule has 1 unspecified atom stereocenters. The summed E-state index contributed by atoms with van der Waals surface area (Å²) in [7, 11) is 1.42. The number of unbranched alkanes of at least 4 members (excludes halogenated alkanes) is 12. The van der Waals surface area contributed by atoms with Crippen LogP contribution in [0.5, 0.6) is 0 Å². The fraction of sp³-hybridized carbons (Fsp3) is 0.923. The van der Waals surface area contributed by atoms with Gasteiger partial charge in [-0.2, -0.15) is 0 Å². The first-order valence-corrected chi connectivity index (χ1v) is 14.9. The van der Waals surface area contributed by atoms with Gasteiger partial charge in [0.2, 0.25) is 0 Å². The van der Waals surface area contributed by atoms with Crippen LogP contribution in [-0.2, 0) is 18.3 Å². The molecule has 0 aliphatic heterocycles. The number of aliphatic hydroxyl groups excluding tert-OH is 1. The minimum atomic E-state index is -4.40. The van der Waals surface area contributed by atoms with Crippen LogP contribution in [0, 0.1) is 0 Å². The van der Waals surface area contributed by atoms with Gasteiger partial charge in [-0.1, -0.05) is 89.7 Å². The molecule has 0 spiro atoms. The van der Waals surface area contributed by atoms with E-state index in [9.17, 15) is 14.6 Å². The highest BCUT2D eigenvalue weighted by atomic mass is 31.2. The maximum absolute atomic E-state index is 11.7. The summed E-state index contributed by atoms with van der Waals surface area (Å²) >= 11 is 0. The van der Waals surface area contributed by atoms with Crippen LogP contribution in [0.3, 0.4) is 0 Å². The molecular weight excluding hydrogens is 453 g/mol. The van der Waals surface area contributed by atoms with Crippen molar-refractivity contribution in [3.05, 3.63) is 12.2 Å². The second-order valence-corrected chi connectivity index (χ2v) is 11.7. The SMILES string of the molecule is CCCCCCCCCCCCCC/C=C\CCOC[C@@H](O)COP(=O)([O-])OCC[N+](C)(C)C. The van der Waals surface area contributed by atoms with E-state index in [2.05, 4.69) is 19.1 Å². The van der Waals surface area contributed by atoms with E-state index < -0.39 is 13.9 Å². The molecule has 0 saturated carbocycles. The third-order valence-electron chi connectivity index (χ3n) is 5.57. The first-order valence-electron chi connectivity index (χ1n) is 13.5. The predicted octanol–water partition coefficient (Wildman–Crippen LogP) is 5.61. The molecule has 0 saturated heterocycles. The lowest BCUT2D eigenvalue weighted by Gasteiger charge is -2.27. The molecule has 0 bridgehead atoms. The molecule has 0 aliphatic rings. The number of phosphoric ester groups is 1. The largest absolute Gasteiger partial charge is 0.756 e. The molecule has 204 valence electrons. The van der Waals surface area contributed by atoms with E-state index in [0.29, 0.717) is 17.6 Å². The molecule has 0 radical (unpaired) electrons. The van der Waals surface area contributed by atoms with Crippen molar-refractivity contribution >= 4 is 7.82 Å². The van der Waals surface area contributed by atoms with Gasteiger partial charge in [-0.15, -0.1) is 0 Å². The molecule has 0 heterocycles. The minimum absolute atomic E-state index is 0.0332. The molecule has 2 atom stereocenters. The normalized spacial score (nSPS) is 15.1. The number of ether oxygens (including phenoxy) is 1. The molecule has 0 aliphatic carbocycles. The Kier molecular flexibility index (Phi) is 21.8. The number of nitrogens with zero attached hydrogens (tertiary/aromatic N) is 1. The summed E-state index contributed by atoms with van der Waals surface area (Å²) < 4.78 is 27.2. The zero-order chi connectivity index (χ0) is 25.5. The quantitative estimate of drug-likeness (QED) is 0.0748. The highest BCUT2D eigenvalue weighted by molar-refractivity contribution is 7.45. The van der Waals surface area contributed by atoms with E-state index in [1.807, 2.05) is 21.1 Å². The van der Waals surface area contributed by atoms with Crippen molar-refractivity contribution in [2.24, 2.45) is 0 Å². The predicted molar refractivity (Wildman–Crippen MR) is 139 cm³/mol. The zero-order valence-corrected chi connectivity index (χ0v) is 23.4. The standard InChI is InChI=1S/C26H54NO6P/c1-5-6-7-8-9-10-11-12-13-14-15-16-17-18-19-20-22-31-24-26(28)25-33-34(29,30)32-23-21-27(2,3)4/h18-19,26,28H,5-17,20-25H2,1-4H3/b19-18-/t26-/m1/s1. The summed E-state index contributed by atoms with van der Waals surface area (Å²) in [5, 5.41) is 9.82. The topological polar surface area (TPSA) is 88.0 Å². The Hall–Kier alpha value is -0.270. The molecule has 7 nitrogen and oxygen atoms in total. The number of hydrogen-bond acceptors (Lipinski definition) is 6. The summed E-state index contributed by atoms with van der Waals surface area (Å²) in [5.41, 5.74) is 0. The van der Waals surface area contributed by atoms with Crippen molar-refractivity contribution in [1.82, 2.24) is 0 Å². The van der Waals surface area contributed by atoms with Gasteiger partial charge in [0, 0.05) is 0 Å². The van der Waals surface area contributed by atoms with Crippen LogP contribution in [0.2, 0.25) is 0 Å². The van der Waals surface area contributed by atoms with Gasteiger partial charge in [0.05, 0.1) is 41.0 Å². The van der Waals surface area contributed by atoms with Crippen molar-refractivity contribution in [3.8, 4) is 0 Å². The Bertz CT molecular complexity index is 524. The van der Waals surface area contributed by atoms with E-state index >= 15 is 0 Å². The number of phosphoric acid groups is 1. The maximum atomic E-state index is 11.7. The van der Waals surface area contributed by atoms with Crippen LogP contribution < -0.4 is 4.89 Å². The lowest BCUT2D eigenvalue weighted by atomic mass is 10.0. The summed E-state index contributed by atoms with van der Waals surface area (Å²) in [6.45, 7) is 3.00. The fourth-order valence-electron chi connectivity index (χ4n) is 3.40. The highest BCUT2D eigenvalue weighted by Crippen LogP contribution is 2.38. The van der Waals surface area contributed by atoms with E-state index in [-0.39, 0.29) is 19.8 Å². The summed E-state index contributed by atoms with van der Waals surface area (Å²) in [6, 6.07) is 0. The molecule has 1 N–H and O–H groups in total. The van der Waals surface area contributed by atoms with Gasteiger partial charge in [0.1, 0.15) is 19.3 Å². The van der Waals surface area contributed by atoms with E-state index in [4.69, 9.17) is 13.8 Å². The number of likely N-dealkylation sites (N-methyl/N-ethyl adjacent to an activating group) is 1. The van der Waals surface area contributed by atoms with Gasteiger partial charge in [-0.3, -0.25) is 4.57 Å². The lowest BCUT2D eigenvalue weighted by Crippen LogP contribution is -2.37. The number of quaternary nitrogens is 1. The molecular formula is C26H54NO6P. The third kappa shape index (κ3) is 26.3. The average molecular weight is 508 g/mol. The van der Waals surface area contributed by atoms with Crippen LogP contribution in [0.15, 0.2) is 12.2 Å². The van der Waals surface area contributed by atoms with E-state index in [1.165, 1.54) is 77.0 Å². The van der Waals surface area contributed by atoms with Crippen LogP contribution in [-0.4, -0.2) is 69.8 Å². The first kappa shape index (κ1) is 33.7. The van der Waals surface area contributed by atoms with Crippen molar-refractivity contribution in [2.45, 2.75) is 103 Å². The molecule has 0 rings (SSSR count). The monoisotopic (exact) mass is 507 g/mol. The van der Waals surface area contributed by atoms with E-state index in [1.54, 1.807) is 0 Å². The van der Waals surface area contributed by atoms with Crippen molar-refractivity contribution in [3.63, 3.8) is 0 Å². The second-order valence-electron chi connectivity index (χ2n) is 10.3. The maximum Gasteiger partial charge on any atom is 0.268 e. The molecule has 8 heteroatoms. The highest BCUT2D eigenvalue weighted by Gasteiger charge is 2.15. The average Bonchev–Trinajstić information content (AvgIpc) is 2.76. The van der Waals surface area contributed by atoms with Crippen molar-refractivity contribution in [1.29, 1.82) is 0 Å². The van der Waals surface area contributed by atoms with Gasteiger partial charge in [-0.05, 0) is 19.3 Å². The Balaban J connectivity index is 3.46. The molecule has 0 amide bonds. The first-order chi connectivity index (χ1) is 16.2. The number of allylic oxidation sites excluding steroid dienone is 1. The van der Waals surface area contributed by atoms with Gasteiger partial charge in [0.15, 0.2) is 0 Å². The van der Waals surface area contributed by atoms with Crippen LogP contribution in [0.25, 0.3) is 0 Å². The minimum Gasteiger partial charge on any atom is -0.756 e. The molecule has 0 aromatic rings. The van der Waals surface area contributed by atoms with Crippen molar-refractivity contribution in [2.75, 3.05) is 54.1 Å². The molecule has 0 aromatic heterocycles. The van der Waals surface area contributed by atoms with Gasteiger partial charge >= 0.3 is 0 Å². The van der Waals surface area contributed by atoms with E-state index in [0.717, 1.165) is 12.8 Å². The number of aliphatic hydroxyl groups is 1. The van der Waals surface area contributed by atoms with Gasteiger partial charge < -0.3 is 28.3 Å². The molecule has 0 aromatic carbocycles. The number of rotatable bonds is 25. The van der Waals surface area contributed by atoms with Crippen LogP contribution in [0.4, 0.5) is 0 Å². The molecule has 34 heavy (non-hydrogen) atoms. The Morgan fingerprint density at radius 2 is 1.32 bits per heavy atom. The van der Waals surface area contributed by atoms with Crippen LogP contribution >= 0.6 is 7.82 Å². The summed E-state index contributed by atoms with van der Waals surface area (Å²) in [5.74, 6) is 0. The Labute approximate surface area is 210 Å².